The fourth-order valence-corrected chi connectivity index (χ4v) is 3.80. The minimum absolute atomic E-state index is 0.109. The number of carbonyl (C=O) groups excluding carboxylic acids is 1. The second-order valence-electron chi connectivity index (χ2n) is 7.30. The number of hydrogen-bond acceptors (Lipinski definition) is 5. The van der Waals surface area contributed by atoms with Crippen LogP contribution >= 0.6 is 11.6 Å². The number of pyridine rings is 1. The minimum atomic E-state index is -0.161. The molecule has 1 N–H and O–H groups in total. The monoisotopic (exact) mass is 432 g/mol. The van der Waals surface area contributed by atoms with Crippen LogP contribution in [0.2, 0.25) is 5.02 Å². The maximum absolute atomic E-state index is 12.7. The standard InChI is InChI=1S/C24H21ClN4O2/c25-21-14-17(7-8-23(21)31-22-6-2-1-4-18(22)15-26)24(30)28-19-9-12-29(13-10-19)20-5-3-11-27-16-20/h1-8,11,14,16,19H,9-10,12-13H2,(H,28,30). The molecule has 0 unspecified atom stereocenters. The second kappa shape index (κ2) is 9.50. The Hall–Kier alpha value is -3.56. The number of piperidine rings is 1. The zero-order valence-electron chi connectivity index (χ0n) is 16.8. The van der Waals surface area contributed by atoms with Gasteiger partial charge >= 0.3 is 0 Å². The van der Waals surface area contributed by atoms with Crippen molar-refractivity contribution < 1.29 is 9.53 Å². The molecule has 0 radical (unpaired) electrons. The van der Waals surface area contributed by atoms with Gasteiger partial charge in [-0.3, -0.25) is 9.78 Å². The number of nitrogens with zero attached hydrogens (tertiary/aromatic N) is 3. The van der Waals surface area contributed by atoms with Gasteiger partial charge in [0.25, 0.3) is 5.91 Å². The molecule has 156 valence electrons. The number of anilines is 1. The molecule has 2 aromatic carbocycles. The number of aromatic nitrogens is 1. The molecule has 0 saturated carbocycles. The van der Waals surface area contributed by atoms with E-state index in [1.54, 1.807) is 48.7 Å². The fourth-order valence-electron chi connectivity index (χ4n) is 3.58. The smallest absolute Gasteiger partial charge is 0.251 e. The summed E-state index contributed by atoms with van der Waals surface area (Å²) >= 11 is 6.35. The van der Waals surface area contributed by atoms with Crippen LogP contribution in [-0.2, 0) is 0 Å². The molecule has 0 bridgehead atoms. The maximum atomic E-state index is 12.7. The highest BCUT2D eigenvalue weighted by Crippen LogP contribution is 2.32. The Kier molecular flexibility index (Phi) is 6.34. The predicted octanol–water partition coefficient (Wildman–Crippen LogP) is 4.80. The first-order chi connectivity index (χ1) is 15.1. The third kappa shape index (κ3) is 4.96. The van der Waals surface area contributed by atoms with Crippen LogP contribution < -0.4 is 15.0 Å². The van der Waals surface area contributed by atoms with E-state index in [1.807, 2.05) is 18.3 Å². The molecular weight excluding hydrogens is 412 g/mol. The molecule has 31 heavy (non-hydrogen) atoms. The lowest BCUT2D eigenvalue weighted by Gasteiger charge is -2.33. The molecule has 1 aromatic heterocycles. The second-order valence-corrected chi connectivity index (χ2v) is 7.71. The van der Waals surface area contributed by atoms with Crippen LogP contribution in [0.3, 0.4) is 0 Å². The summed E-state index contributed by atoms with van der Waals surface area (Å²) in [5, 5.41) is 12.6. The largest absolute Gasteiger partial charge is 0.454 e. The topological polar surface area (TPSA) is 78.2 Å². The van der Waals surface area contributed by atoms with Crippen LogP contribution in [-0.4, -0.2) is 30.0 Å². The number of hydrogen-bond donors (Lipinski definition) is 1. The average Bonchev–Trinajstić information content (AvgIpc) is 2.81. The molecule has 1 saturated heterocycles. The molecule has 1 aliphatic heterocycles. The van der Waals surface area contributed by atoms with Gasteiger partial charge in [-0.25, -0.2) is 0 Å². The number of rotatable bonds is 5. The van der Waals surface area contributed by atoms with Crippen molar-refractivity contribution in [2.75, 3.05) is 18.0 Å². The molecule has 1 amide bonds. The highest BCUT2D eigenvalue weighted by atomic mass is 35.5. The molecule has 7 heteroatoms. The van der Waals surface area contributed by atoms with E-state index in [1.165, 1.54) is 0 Å². The number of benzene rings is 2. The summed E-state index contributed by atoms with van der Waals surface area (Å²) in [6.07, 6.45) is 5.35. The van der Waals surface area contributed by atoms with Gasteiger partial charge in [-0.1, -0.05) is 23.7 Å². The van der Waals surface area contributed by atoms with Crippen LogP contribution in [0.5, 0.6) is 11.5 Å². The van der Waals surface area contributed by atoms with Crippen LogP contribution in [0.1, 0.15) is 28.8 Å². The predicted molar refractivity (Wildman–Crippen MR) is 120 cm³/mol. The summed E-state index contributed by atoms with van der Waals surface area (Å²) in [5.41, 5.74) is 1.99. The molecule has 0 aliphatic carbocycles. The van der Waals surface area contributed by atoms with Crippen LogP contribution in [0.4, 0.5) is 5.69 Å². The van der Waals surface area contributed by atoms with Crippen molar-refractivity contribution in [1.29, 1.82) is 5.26 Å². The molecule has 0 spiro atoms. The van der Waals surface area contributed by atoms with Gasteiger partial charge in [0.05, 0.1) is 22.5 Å². The van der Waals surface area contributed by atoms with Gasteiger partial charge < -0.3 is 15.0 Å². The highest BCUT2D eigenvalue weighted by molar-refractivity contribution is 6.32. The van der Waals surface area contributed by atoms with Gasteiger partial charge in [-0.2, -0.15) is 5.26 Å². The van der Waals surface area contributed by atoms with Gasteiger partial charge in [0, 0.05) is 30.9 Å². The fraction of sp³-hybridized carbons (Fsp3) is 0.208. The van der Waals surface area contributed by atoms with Gasteiger partial charge in [-0.15, -0.1) is 0 Å². The van der Waals surface area contributed by atoms with Gasteiger partial charge in [0.2, 0.25) is 0 Å². The van der Waals surface area contributed by atoms with Crippen molar-refractivity contribution in [3.63, 3.8) is 0 Å². The summed E-state index contributed by atoms with van der Waals surface area (Å²) in [4.78, 5) is 19.2. The van der Waals surface area contributed by atoms with Gasteiger partial charge in [-0.05, 0) is 55.3 Å². The number of nitrogens with one attached hydrogen (secondary N) is 1. The Morgan fingerprint density at radius 2 is 1.94 bits per heavy atom. The van der Waals surface area contributed by atoms with E-state index in [9.17, 15) is 10.1 Å². The van der Waals surface area contributed by atoms with Crippen LogP contribution in [0.15, 0.2) is 67.0 Å². The lowest BCUT2D eigenvalue weighted by Crippen LogP contribution is -2.44. The summed E-state index contributed by atoms with van der Waals surface area (Å²) in [6, 6.07) is 18.0. The highest BCUT2D eigenvalue weighted by Gasteiger charge is 2.22. The third-order valence-corrected chi connectivity index (χ3v) is 5.56. The molecule has 1 aliphatic rings. The molecule has 4 rings (SSSR count). The van der Waals surface area contributed by atoms with Crippen molar-refractivity contribution in [2.24, 2.45) is 0 Å². The van der Waals surface area contributed by atoms with Gasteiger partial charge in [0.1, 0.15) is 17.6 Å². The molecule has 0 atom stereocenters. The van der Waals surface area contributed by atoms with E-state index in [-0.39, 0.29) is 11.9 Å². The normalized spacial score (nSPS) is 14.0. The number of amides is 1. The van der Waals surface area contributed by atoms with E-state index < -0.39 is 0 Å². The third-order valence-electron chi connectivity index (χ3n) is 5.26. The molecule has 3 aromatic rings. The Labute approximate surface area is 186 Å². The van der Waals surface area contributed by atoms with Crippen molar-refractivity contribution in [3.05, 3.63) is 83.1 Å². The Balaban J connectivity index is 1.36. The van der Waals surface area contributed by atoms with Crippen LogP contribution in [0, 0.1) is 11.3 Å². The SMILES string of the molecule is N#Cc1ccccc1Oc1ccc(C(=O)NC2CCN(c3cccnc3)CC2)cc1Cl. The van der Waals surface area contributed by atoms with Crippen molar-refractivity contribution in [1.82, 2.24) is 10.3 Å². The summed E-state index contributed by atoms with van der Waals surface area (Å²) in [5.74, 6) is 0.654. The zero-order valence-corrected chi connectivity index (χ0v) is 17.5. The minimum Gasteiger partial charge on any atom is -0.454 e. The Bertz CT molecular complexity index is 1110. The van der Waals surface area contributed by atoms with E-state index >= 15 is 0 Å². The van der Waals surface area contributed by atoms with Crippen LogP contribution in [0.25, 0.3) is 0 Å². The summed E-state index contributed by atoms with van der Waals surface area (Å²) in [6.45, 7) is 1.73. The van der Waals surface area contributed by atoms with E-state index in [4.69, 9.17) is 16.3 Å². The zero-order chi connectivity index (χ0) is 21.6. The average molecular weight is 433 g/mol. The van der Waals surface area contributed by atoms with E-state index in [0.717, 1.165) is 31.6 Å². The lowest BCUT2D eigenvalue weighted by molar-refractivity contribution is 0.0931. The summed E-state index contributed by atoms with van der Waals surface area (Å²) < 4.78 is 5.77. The summed E-state index contributed by atoms with van der Waals surface area (Å²) in [7, 11) is 0. The van der Waals surface area contributed by atoms with Crippen molar-refractivity contribution in [2.45, 2.75) is 18.9 Å². The number of ether oxygens (including phenoxy) is 1. The number of halogens is 1. The first-order valence-electron chi connectivity index (χ1n) is 10.1. The first-order valence-corrected chi connectivity index (χ1v) is 10.4. The number of nitriles is 1. The number of carbonyl (C=O) groups is 1. The van der Waals surface area contributed by atoms with Gasteiger partial charge in [0.15, 0.2) is 0 Å². The molecular formula is C24H21ClN4O2. The van der Waals surface area contributed by atoms with E-state index in [2.05, 4.69) is 21.3 Å². The first kappa shape index (κ1) is 20.7. The van der Waals surface area contributed by atoms with Crippen molar-refractivity contribution in [3.8, 4) is 17.6 Å². The molecule has 2 heterocycles. The van der Waals surface area contributed by atoms with E-state index in [0.29, 0.717) is 27.6 Å². The quantitative estimate of drug-likeness (QED) is 0.626. The molecule has 1 fully saturated rings. The Morgan fingerprint density at radius 3 is 2.65 bits per heavy atom. The number of para-hydroxylation sites is 1. The molecule has 6 nitrogen and oxygen atoms in total. The Morgan fingerprint density at radius 1 is 1.13 bits per heavy atom. The van der Waals surface area contributed by atoms with Crippen molar-refractivity contribution >= 4 is 23.2 Å². The lowest BCUT2D eigenvalue weighted by atomic mass is 10.0. The maximum Gasteiger partial charge on any atom is 0.251 e.